The zero-order valence-electron chi connectivity index (χ0n) is 12.5. The van der Waals surface area contributed by atoms with Crippen LogP contribution in [0.25, 0.3) is 0 Å². The van der Waals surface area contributed by atoms with Crippen molar-refractivity contribution in [3.05, 3.63) is 47.9 Å². The average molecular weight is 288 g/mol. The zero-order valence-corrected chi connectivity index (χ0v) is 12.5. The molecule has 0 saturated carbocycles. The predicted octanol–water partition coefficient (Wildman–Crippen LogP) is 1.49. The van der Waals surface area contributed by atoms with Gasteiger partial charge in [0, 0.05) is 38.1 Å². The van der Waals surface area contributed by atoms with Gasteiger partial charge in [0.15, 0.2) is 5.76 Å². The number of carbonyl (C=O) groups is 1. The summed E-state index contributed by atoms with van der Waals surface area (Å²) >= 11 is 0. The number of furan rings is 1. The lowest BCUT2D eigenvalue weighted by atomic mass is 10.1. The van der Waals surface area contributed by atoms with Crippen LogP contribution in [-0.2, 0) is 13.0 Å². The molecule has 0 fully saturated rings. The van der Waals surface area contributed by atoms with Crippen LogP contribution >= 0.6 is 0 Å². The highest BCUT2D eigenvalue weighted by Crippen LogP contribution is 2.13. The molecule has 6 nitrogen and oxygen atoms in total. The molecule has 0 aliphatic heterocycles. The van der Waals surface area contributed by atoms with E-state index in [-0.39, 0.29) is 11.9 Å². The first-order valence-electron chi connectivity index (χ1n) is 6.86. The molecule has 0 aliphatic carbocycles. The van der Waals surface area contributed by atoms with Gasteiger partial charge in [0.25, 0.3) is 5.91 Å². The Morgan fingerprint density at radius 2 is 2.24 bits per heavy atom. The Balaban J connectivity index is 1.92. The summed E-state index contributed by atoms with van der Waals surface area (Å²) < 4.78 is 5.53. The van der Waals surface area contributed by atoms with E-state index in [1.54, 1.807) is 31.7 Å². The van der Waals surface area contributed by atoms with Crippen LogP contribution < -0.4 is 5.32 Å². The molecule has 0 spiro atoms. The highest BCUT2D eigenvalue weighted by Gasteiger charge is 2.15. The average Bonchev–Trinajstić information content (AvgIpc) is 2.96. The highest BCUT2D eigenvalue weighted by molar-refractivity contribution is 5.91. The van der Waals surface area contributed by atoms with Crippen LogP contribution in [-0.4, -0.2) is 40.9 Å². The van der Waals surface area contributed by atoms with Crippen molar-refractivity contribution in [2.24, 2.45) is 0 Å². The van der Waals surface area contributed by atoms with Gasteiger partial charge in [0.1, 0.15) is 5.76 Å². The third-order valence-corrected chi connectivity index (χ3v) is 3.39. The first-order valence-corrected chi connectivity index (χ1v) is 6.86. The van der Waals surface area contributed by atoms with Gasteiger partial charge in [0.05, 0.1) is 12.2 Å². The Kier molecular flexibility index (Phi) is 5.05. The smallest absolute Gasteiger partial charge is 0.286 e. The van der Waals surface area contributed by atoms with E-state index in [2.05, 4.69) is 27.1 Å². The standard InChI is InChI=1S/C15H20N4O2/c1-11(8-12-9-17-6-7-18-12)19(3)10-13-4-5-14(21-13)15(20)16-2/h4-7,9,11H,8,10H2,1-3H3,(H,16,20). The van der Waals surface area contributed by atoms with Gasteiger partial charge in [0.2, 0.25) is 0 Å². The van der Waals surface area contributed by atoms with Gasteiger partial charge < -0.3 is 9.73 Å². The Morgan fingerprint density at radius 1 is 1.43 bits per heavy atom. The van der Waals surface area contributed by atoms with Crippen LogP contribution in [0.3, 0.4) is 0 Å². The maximum absolute atomic E-state index is 11.5. The number of aromatic nitrogens is 2. The molecule has 1 N–H and O–H groups in total. The van der Waals surface area contributed by atoms with E-state index in [0.717, 1.165) is 17.9 Å². The third-order valence-electron chi connectivity index (χ3n) is 3.39. The summed E-state index contributed by atoms with van der Waals surface area (Å²) in [6.07, 6.45) is 5.96. The number of likely N-dealkylation sites (N-methyl/N-ethyl adjacent to an activating group) is 1. The second-order valence-corrected chi connectivity index (χ2v) is 5.01. The molecule has 2 rings (SSSR count). The third kappa shape index (κ3) is 4.13. The number of rotatable bonds is 6. The molecule has 1 atom stereocenters. The van der Waals surface area contributed by atoms with Crippen molar-refractivity contribution < 1.29 is 9.21 Å². The lowest BCUT2D eigenvalue weighted by Gasteiger charge is -2.23. The maximum atomic E-state index is 11.5. The van der Waals surface area contributed by atoms with Crippen molar-refractivity contribution >= 4 is 5.91 Å². The number of amides is 1. The Labute approximate surface area is 124 Å². The first-order chi connectivity index (χ1) is 10.1. The molecule has 0 aromatic carbocycles. The number of nitrogens with zero attached hydrogens (tertiary/aromatic N) is 3. The van der Waals surface area contributed by atoms with E-state index in [9.17, 15) is 4.79 Å². The summed E-state index contributed by atoms with van der Waals surface area (Å²) in [7, 11) is 3.60. The predicted molar refractivity (Wildman–Crippen MR) is 78.8 cm³/mol. The van der Waals surface area contributed by atoms with E-state index in [1.807, 2.05) is 13.1 Å². The minimum Gasteiger partial charge on any atom is -0.455 e. The van der Waals surface area contributed by atoms with Gasteiger partial charge in [-0.2, -0.15) is 0 Å². The highest BCUT2D eigenvalue weighted by atomic mass is 16.4. The molecule has 112 valence electrons. The summed E-state index contributed by atoms with van der Waals surface area (Å²) in [5, 5.41) is 2.54. The lowest BCUT2D eigenvalue weighted by molar-refractivity contribution is 0.0931. The Hall–Kier alpha value is -2.21. The number of hydrogen-bond acceptors (Lipinski definition) is 5. The molecule has 21 heavy (non-hydrogen) atoms. The number of hydrogen-bond donors (Lipinski definition) is 1. The molecule has 0 radical (unpaired) electrons. The van der Waals surface area contributed by atoms with E-state index in [1.165, 1.54) is 0 Å². The Bertz CT molecular complexity index is 582. The zero-order chi connectivity index (χ0) is 15.2. The van der Waals surface area contributed by atoms with Gasteiger partial charge in [-0.25, -0.2) is 0 Å². The van der Waals surface area contributed by atoms with Crippen LogP contribution in [0.2, 0.25) is 0 Å². The molecule has 0 aliphatic rings. The Morgan fingerprint density at radius 3 is 2.90 bits per heavy atom. The number of carbonyl (C=O) groups excluding carboxylic acids is 1. The van der Waals surface area contributed by atoms with Crippen molar-refractivity contribution in [1.29, 1.82) is 0 Å². The largest absolute Gasteiger partial charge is 0.455 e. The fourth-order valence-corrected chi connectivity index (χ4v) is 2.00. The van der Waals surface area contributed by atoms with Gasteiger partial charge in [-0.15, -0.1) is 0 Å². The van der Waals surface area contributed by atoms with Gasteiger partial charge >= 0.3 is 0 Å². The molecule has 1 amide bonds. The van der Waals surface area contributed by atoms with Crippen LogP contribution in [0.1, 0.15) is 28.9 Å². The summed E-state index contributed by atoms with van der Waals surface area (Å²) in [6, 6.07) is 3.81. The van der Waals surface area contributed by atoms with E-state index < -0.39 is 0 Å². The normalized spacial score (nSPS) is 12.4. The molecule has 2 aromatic heterocycles. The molecular formula is C15H20N4O2. The molecule has 2 heterocycles. The molecule has 6 heteroatoms. The SMILES string of the molecule is CNC(=O)c1ccc(CN(C)C(C)Cc2cnccn2)o1. The minimum absolute atomic E-state index is 0.212. The van der Waals surface area contributed by atoms with Crippen LogP contribution in [0.15, 0.2) is 35.1 Å². The van der Waals surface area contributed by atoms with Crippen molar-refractivity contribution in [2.75, 3.05) is 14.1 Å². The van der Waals surface area contributed by atoms with Gasteiger partial charge in [-0.05, 0) is 26.1 Å². The second-order valence-electron chi connectivity index (χ2n) is 5.01. The molecule has 0 bridgehead atoms. The summed E-state index contributed by atoms with van der Waals surface area (Å²) in [5.41, 5.74) is 0.961. The number of nitrogens with one attached hydrogen (secondary N) is 1. The van der Waals surface area contributed by atoms with E-state index >= 15 is 0 Å². The van der Waals surface area contributed by atoms with Crippen molar-refractivity contribution in [1.82, 2.24) is 20.2 Å². The van der Waals surface area contributed by atoms with E-state index in [4.69, 9.17) is 4.42 Å². The quantitative estimate of drug-likeness (QED) is 0.872. The molecular weight excluding hydrogens is 268 g/mol. The summed E-state index contributed by atoms with van der Waals surface area (Å²) in [4.78, 5) is 22.0. The van der Waals surface area contributed by atoms with Crippen LogP contribution in [0.5, 0.6) is 0 Å². The van der Waals surface area contributed by atoms with Crippen LogP contribution in [0.4, 0.5) is 0 Å². The first kappa shape index (κ1) is 15.2. The fourth-order valence-electron chi connectivity index (χ4n) is 2.00. The molecule has 1 unspecified atom stereocenters. The van der Waals surface area contributed by atoms with Crippen molar-refractivity contribution in [2.45, 2.75) is 25.9 Å². The molecule has 2 aromatic rings. The monoisotopic (exact) mass is 288 g/mol. The maximum Gasteiger partial charge on any atom is 0.286 e. The minimum atomic E-state index is -0.212. The van der Waals surface area contributed by atoms with Gasteiger partial charge in [-0.1, -0.05) is 0 Å². The summed E-state index contributed by atoms with van der Waals surface area (Å²) in [6.45, 7) is 2.76. The van der Waals surface area contributed by atoms with Crippen molar-refractivity contribution in [3.63, 3.8) is 0 Å². The molecule has 0 saturated heterocycles. The van der Waals surface area contributed by atoms with Gasteiger partial charge in [-0.3, -0.25) is 19.7 Å². The lowest BCUT2D eigenvalue weighted by Crippen LogP contribution is -2.30. The second kappa shape index (κ2) is 6.99. The topological polar surface area (TPSA) is 71.3 Å². The van der Waals surface area contributed by atoms with Crippen LogP contribution in [0, 0.1) is 0 Å². The van der Waals surface area contributed by atoms with E-state index in [0.29, 0.717) is 12.3 Å². The fraction of sp³-hybridized carbons (Fsp3) is 0.400. The van der Waals surface area contributed by atoms with Crippen molar-refractivity contribution in [3.8, 4) is 0 Å². The summed E-state index contributed by atoms with van der Waals surface area (Å²) in [5.74, 6) is 0.890.